The highest BCUT2D eigenvalue weighted by atomic mass is 79.9. The van der Waals surface area contributed by atoms with Gasteiger partial charge in [-0.05, 0) is 25.7 Å². The van der Waals surface area contributed by atoms with Crippen LogP contribution in [0.25, 0.3) is 0 Å². The van der Waals surface area contributed by atoms with E-state index in [4.69, 9.17) is 0 Å². The topological polar surface area (TPSA) is 0 Å². The maximum atomic E-state index is 2.46. The Morgan fingerprint density at radius 1 is 0.400 bits per heavy atom. The van der Waals surface area contributed by atoms with Gasteiger partial charge in [-0.2, -0.15) is 0 Å². The molecule has 0 spiro atoms. The Morgan fingerprint density at radius 2 is 0.600 bits per heavy atom. The van der Waals surface area contributed by atoms with Crippen molar-refractivity contribution >= 4 is 14.5 Å². The number of hydrogen-bond donors (Lipinski definition) is 0. The minimum atomic E-state index is -0.499. The van der Waals surface area contributed by atoms with Gasteiger partial charge in [0, 0.05) is 54.5 Å². The van der Waals surface area contributed by atoms with E-state index in [1.165, 1.54) is 63.7 Å². The van der Waals surface area contributed by atoms with Gasteiger partial charge in [0.25, 0.3) is 0 Å². The molecule has 0 atom stereocenters. The van der Waals surface area contributed by atoms with E-state index in [2.05, 4.69) is 40.0 Å². The van der Waals surface area contributed by atoms with Gasteiger partial charge >= 0.3 is 0 Å². The third kappa shape index (κ3) is 24.8. The molecule has 0 rings (SSSR count). The summed E-state index contributed by atoms with van der Waals surface area (Å²) in [7, 11) is -0.998. The average Bonchev–Trinajstić information content (AvgIpc) is 2.17. The summed E-state index contributed by atoms with van der Waals surface area (Å²) in [6, 6.07) is 0. The van der Waals surface area contributed by atoms with Crippen molar-refractivity contribution < 1.29 is 34.0 Å². The molecule has 0 aliphatic heterocycles. The molecule has 0 aromatic carbocycles. The van der Waals surface area contributed by atoms with Crippen LogP contribution in [0, 0.1) is 0 Å². The molecule has 0 heterocycles. The largest absolute Gasteiger partial charge is 1.00 e. The van der Waals surface area contributed by atoms with Gasteiger partial charge < -0.3 is 34.0 Å². The third-order valence-electron chi connectivity index (χ3n) is 3.41. The molecule has 0 aliphatic carbocycles. The van der Waals surface area contributed by atoms with Crippen LogP contribution >= 0.6 is 14.5 Å². The lowest BCUT2D eigenvalue weighted by molar-refractivity contribution is -0.001000. The lowest BCUT2D eigenvalue weighted by Gasteiger charge is -2.11. The van der Waals surface area contributed by atoms with Crippen molar-refractivity contribution in [2.24, 2.45) is 0 Å². The summed E-state index contributed by atoms with van der Waals surface area (Å²) in [6.45, 7) is 14.8. The zero-order valence-electron chi connectivity index (χ0n) is 14.7. The maximum Gasteiger partial charge on any atom is 0.0586 e. The predicted molar refractivity (Wildman–Crippen MR) is 96.1 cm³/mol. The minimum absolute atomic E-state index is 0. The fraction of sp³-hybridized carbons (Fsp3) is 1.00. The van der Waals surface area contributed by atoms with E-state index in [1.54, 1.807) is 0 Å². The second-order valence-corrected chi connectivity index (χ2v) is 17.9. The van der Waals surface area contributed by atoms with Gasteiger partial charge in [-0.15, -0.1) is 0 Å². The molecule has 0 saturated heterocycles. The van der Waals surface area contributed by atoms with Crippen molar-refractivity contribution in [3.8, 4) is 0 Å². The molecular weight excluding hydrogens is 414 g/mol. The van der Waals surface area contributed by atoms with E-state index in [0.717, 1.165) is 0 Å². The first-order chi connectivity index (χ1) is 8.21. The Bertz CT molecular complexity index is 174. The van der Waals surface area contributed by atoms with Crippen LogP contribution in [-0.2, 0) is 0 Å². The second-order valence-electron chi connectivity index (χ2n) is 7.86. The maximum absolute atomic E-state index is 2.46. The van der Waals surface area contributed by atoms with Crippen LogP contribution in [-0.4, -0.2) is 52.3 Å². The van der Waals surface area contributed by atoms with E-state index in [9.17, 15) is 0 Å². The Labute approximate surface area is 151 Å². The van der Waals surface area contributed by atoms with Gasteiger partial charge in [0.15, 0.2) is 0 Å². The highest BCUT2D eigenvalue weighted by Crippen LogP contribution is 2.47. The first-order valence-electron chi connectivity index (χ1n) is 7.82. The Kier molecular flexibility index (Phi) is 19.2. The molecule has 0 saturated carbocycles. The lowest BCUT2D eigenvalue weighted by Crippen LogP contribution is -3.00. The van der Waals surface area contributed by atoms with Crippen LogP contribution in [0.4, 0.5) is 0 Å². The van der Waals surface area contributed by atoms with Crippen LogP contribution < -0.4 is 34.0 Å². The summed E-state index contributed by atoms with van der Waals surface area (Å²) in [6.07, 6.45) is 14.8. The van der Waals surface area contributed by atoms with Crippen molar-refractivity contribution in [3.63, 3.8) is 0 Å². The summed E-state index contributed by atoms with van der Waals surface area (Å²) < 4.78 is 0. The van der Waals surface area contributed by atoms with Crippen molar-refractivity contribution in [3.05, 3.63) is 0 Å². The lowest BCUT2D eigenvalue weighted by atomic mass is 10.1. The quantitative estimate of drug-likeness (QED) is 0.304. The molecule has 0 bridgehead atoms. The molecule has 0 nitrogen and oxygen atoms in total. The summed E-state index contributed by atoms with van der Waals surface area (Å²) in [5, 5.41) is 0. The van der Waals surface area contributed by atoms with E-state index >= 15 is 0 Å². The van der Waals surface area contributed by atoms with Gasteiger partial charge in [-0.1, -0.05) is 25.7 Å². The first kappa shape index (κ1) is 26.7. The molecule has 126 valence electrons. The highest BCUT2D eigenvalue weighted by Gasteiger charge is 2.16. The standard InChI is InChI=1S/C16H38P2.2BrH/c1-17(2,3)15-13-11-9-7-8-10-12-14-16-18(4,5)6;;/h7-16H2,1-6H3;2*1H/q+2;;/p-2. The van der Waals surface area contributed by atoms with Crippen LogP contribution in [0.5, 0.6) is 0 Å². The monoisotopic (exact) mass is 450 g/mol. The van der Waals surface area contributed by atoms with Gasteiger partial charge in [0.2, 0.25) is 0 Å². The molecule has 0 unspecified atom stereocenters. The molecule has 0 aromatic rings. The van der Waals surface area contributed by atoms with E-state index in [-0.39, 0.29) is 34.0 Å². The van der Waals surface area contributed by atoms with E-state index < -0.39 is 14.5 Å². The molecule has 4 heteroatoms. The number of unbranched alkanes of at least 4 members (excludes halogenated alkanes) is 7. The third-order valence-corrected chi connectivity index (χ3v) is 6.72. The average molecular weight is 452 g/mol. The molecule has 20 heavy (non-hydrogen) atoms. The fourth-order valence-corrected chi connectivity index (χ4v) is 4.58. The van der Waals surface area contributed by atoms with Crippen molar-refractivity contribution in [2.75, 3.05) is 52.3 Å². The second kappa shape index (κ2) is 14.4. The molecule has 0 fully saturated rings. The normalized spacial score (nSPS) is 11.7. The van der Waals surface area contributed by atoms with Crippen LogP contribution in [0.15, 0.2) is 0 Å². The van der Waals surface area contributed by atoms with Gasteiger partial charge in [-0.25, -0.2) is 0 Å². The highest BCUT2D eigenvalue weighted by molar-refractivity contribution is 7.74. The van der Waals surface area contributed by atoms with E-state index in [0.29, 0.717) is 0 Å². The zero-order valence-corrected chi connectivity index (χ0v) is 19.7. The molecule has 0 radical (unpaired) electrons. The summed E-state index contributed by atoms with van der Waals surface area (Å²) in [5.41, 5.74) is 0. The summed E-state index contributed by atoms with van der Waals surface area (Å²) in [5.74, 6) is 0. The van der Waals surface area contributed by atoms with Gasteiger partial charge in [0.05, 0.1) is 12.3 Å². The van der Waals surface area contributed by atoms with Crippen molar-refractivity contribution in [2.45, 2.75) is 51.4 Å². The number of halogens is 2. The first-order valence-corrected chi connectivity index (χ1v) is 14.4. The molecular formula is C16H38Br2P2. The van der Waals surface area contributed by atoms with Gasteiger partial charge in [-0.3, -0.25) is 0 Å². The molecule has 0 aromatic heterocycles. The molecule has 0 amide bonds. The Morgan fingerprint density at radius 3 is 0.800 bits per heavy atom. The smallest absolute Gasteiger partial charge is 0.0586 e. The Hall–Kier alpha value is 1.82. The van der Waals surface area contributed by atoms with Crippen LogP contribution in [0.1, 0.15) is 51.4 Å². The van der Waals surface area contributed by atoms with Gasteiger partial charge in [0.1, 0.15) is 0 Å². The predicted octanol–water partition coefficient (Wildman–Crippen LogP) is -0.0708. The van der Waals surface area contributed by atoms with Crippen LogP contribution in [0.3, 0.4) is 0 Å². The fourth-order valence-electron chi connectivity index (χ4n) is 2.23. The molecule has 0 aliphatic rings. The van der Waals surface area contributed by atoms with Crippen LogP contribution in [0.2, 0.25) is 0 Å². The van der Waals surface area contributed by atoms with Crippen molar-refractivity contribution in [1.29, 1.82) is 0 Å². The van der Waals surface area contributed by atoms with Crippen molar-refractivity contribution in [1.82, 2.24) is 0 Å². The summed E-state index contributed by atoms with van der Waals surface area (Å²) >= 11 is 0. The number of hydrogen-bond acceptors (Lipinski definition) is 0. The number of rotatable bonds is 11. The SMILES string of the molecule is C[P+](C)(C)CCCCCCCCCC[P+](C)(C)C.[Br-].[Br-]. The zero-order chi connectivity index (χ0) is 14.1. The minimum Gasteiger partial charge on any atom is -1.00 e. The van der Waals surface area contributed by atoms with E-state index in [1.807, 2.05) is 0 Å². The summed E-state index contributed by atoms with van der Waals surface area (Å²) in [4.78, 5) is 0. The Balaban J connectivity index is -0.00000144. The molecule has 0 N–H and O–H groups in total.